The zero-order chi connectivity index (χ0) is 23.2. The van der Waals surface area contributed by atoms with E-state index in [1.54, 1.807) is 12.1 Å². The van der Waals surface area contributed by atoms with E-state index in [-0.39, 0.29) is 17.2 Å². The van der Waals surface area contributed by atoms with Gasteiger partial charge in [-0.3, -0.25) is 9.36 Å². The number of thioether (sulfide) groups is 1. The summed E-state index contributed by atoms with van der Waals surface area (Å²) in [7, 11) is 0. The Kier molecular flexibility index (Phi) is 8.16. The molecule has 33 heavy (non-hydrogen) atoms. The number of amides is 1. The Hall–Kier alpha value is -2.23. The van der Waals surface area contributed by atoms with E-state index in [4.69, 9.17) is 11.6 Å². The number of benzene rings is 2. The lowest BCUT2D eigenvalue weighted by Crippen LogP contribution is -2.21. The second kappa shape index (κ2) is 11.3. The third-order valence-corrected chi connectivity index (χ3v) is 7.08. The van der Waals surface area contributed by atoms with Gasteiger partial charge in [-0.2, -0.15) is 5.10 Å². The largest absolute Gasteiger partial charge is 0.299 e. The molecular weight excluding hydrogens is 529 g/mol. The van der Waals surface area contributed by atoms with Crippen molar-refractivity contribution < 1.29 is 9.18 Å². The van der Waals surface area contributed by atoms with Crippen LogP contribution in [0.5, 0.6) is 0 Å². The third kappa shape index (κ3) is 6.22. The van der Waals surface area contributed by atoms with Gasteiger partial charge in [0.15, 0.2) is 11.0 Å². The van der Waals surface area contributed by atoms with Crippen LogP contribution in [0.2, 0.25) is 5.02 Å². The summed E-state index contributed by atoms with van der Waals surface area (Å²) in [6, 6.07) is 12.4. The summed E-state index contributed by atoms with van der Waals surface area (Å²) in [5, 5.41) is 14.0. The van der Waals surface area contributed by atoms with Crippen LogP contribution in [0.15, 0.2) is 57.2 Å². The first-order valence-corrected chi connectivity index (χ1v) is 12.8. The lowest BCUT2D eigenvalue weighted by atomic mass is 9.95. The molecule has 0 aliphatic heterocycles. The van der Waals surface area contributed by atoms with E-state index in [0.717, 1.165) is 41.5 Å². The van der Waals surface area contributed by atoms with Crippen molar-refractivity contribution in [1.29, 1.82) is 0 Å². The van der Waals surface area contributed by atoms with Crippen molar-refractivity contribution in [3.05, 3.63) is 63.3 Å². The lowest BCUT2D eigenvalue weighted by Gasteiger charge is -2.25. The normalized spacial score (nSPS) is 14.6. The zero-order valence-electron chi connectivity index (χ0n) is 17.7. The molecule has 1 fully saturated rings. The van der Waals surface area contributed by atoms with E-state index in [9.17, 15) is 9.18 Å². The molecule has 4 rings (SSSR count). The molecule has 0 spiro atoms. The van der Waals surface area contributed by atoms with Gasteiger partial charge >= 0.3 is 0 Å². The van der Waals surface area contributed by atoms with Crippen LogP contribution in [0.3, 0.4) is 0 Å². The van der Waals surface area contributed by atoms with Crippen LogP contribution < -0.4 is 5.43 Å². The van der Waals surface area contributed by atoms with E-state index < -0.39 is 5.82 Å². The fourth-order valence-electron chi connectivity index (χ4n) is 3.79. The van der Waals surface area contributed by atoms with Crippen LogP contribution in [0.1, 0.15) is 43.7 Å². The van der Waals surface area contributed by atoms with Crippen LogP contribution in [0, 0.1) is 5.82 Å². The molecule has 1 aliphatic carbocycles. The Morgan fingerprint density at radius 2 is 1.97 bits per heavy atom. The lowest BCUT2D eigenvalue weighted by molar-refractivity contribution is -0.118. The SMILES string of the molecule is O=C(CSc1nnc(-c2ccc(Cl)cc2)n1C1CCCCC1)N/N=C\c1cc(Br)ccc1F. The minimum Gasteiger partial charge on any atom is -0.299 e. The van der Waals surface area contributed by atoms with Crippen molar-refractivity contribution in [1.82, 2.24) is 20.2 Å². The summed E-state index contributed by atoms with van der Waals surface area (Å²) < 4.78 is 16.7. The highest BCUT2D eigenvalue weighted by Gasteiger charge is 2.24. The number of nitrogens with one attached hydrogen (secondary N) is 1. The number of nitrogens with zero attached hydrogens (tertiary/aromatic N) is 4. The summed E-state index contributed by atoms with van der Waals surface area (Å²) in [4.78, 5) is 12.3. The topological polar surface area (TPSA) is 72.2 Å². The fourth-order valence-corrected chi connectivity index (χ4v) is 5.09. The highest BCUT2D eigenvalue weighted by atomic mass is 79.9. The first-order valence-electron chi connectivity index (χ1n) is 10.6. The van der Waals surface area contributed by atoms with Gasteiger partial charge in [-0.1, -0.05) is 58.6 Å². The molecule has 0 unspecified atom stereocenters. The van der Waals surface area contributed by atoms with Gasteiger partial charge in [-0.25, -0.2) is 9.82 Å². The quantitative estimate of drug-likeness (QED) is 0.214. The Bertz CT molecular complexity index is 1150. The van der Waals surface area contributed by atoms with E-state index >= 15 is 0 Å². The molecule has 1 aliphatic rings. The van der Waals surface area contributed by atoms with Crippen LogP contribution in [-0.2, 0) is 4.79 Å². The summed E-state index contributed by atoms with van der Waals surface area (Å²) in [5.41, 5.74) is 3.67. The van der Waals surface area contributed by atoms with Crippen LogP contribution in [0.4, 0.5) is 4.39 Å². The van der Waals surface area contributed by atoms with Crippen LogP contribution >= 0.6 is 39.3 Å². The Morgan fingerprint density at radius 1 is 1.21 bits per heavy atom. The van der Waals surface area contributed by atoms with Gasteiger partial charge in [0.25, 0.3) is 5.91 Å². The number of hydrazone groups is 1. The van der Waals surface area contributed by atoms with E-state index in [1.807, 2.05) is 24.3 Å². The van der Waals surface area contributed by atoms with Crippen LogP contribution in [0.25, 0.3) is 11.4 Å². The molecule has 1 amide bonds. The van der Waals surface area contributed by atoms with Gasteiger partial charge in [0.05, 0.1) is 12.0 Å². The van der Waals surface area contributed by atoms with E-state index in [2.05, 4.69) is 41.2 Å². The Balaban J connectivity index is 1.46. The van der Waals surface area contributed by atoms with Crippen LogP contribution in [-0.4, -0.2) is 32.6 Å². The average molecular weight is 551 g/mol. The highest BCUT2D eigenvalue weighted by Crippen LogP contribution is 2.35. The summed E-state index contributed by atoms with van der Waals surface area (Å²) in [6.45, 7) is 0. The molecule has 0 bridgehead atoms. The predicted octanol–water partition coefficient (Wildman–Crippen LogP) is 6.25. The van der Waals surface area contributed by atoms with Gasteiger partial charge in [0.2, 0.25) is 0 Å². The van der Waals surface area contributed by atoms with Crippen molar-refractivity contribution in [2.45, 2.75) is 43.3 Å². The standard InChI is InChI=1S/C23H22BrClFN5OS/c24-17-8-11-20(26)16(12-17)13-27-28-21(32)14-33-23-30-29-22(15-6-9-18(25)10-7-15)31(23)19-4-2-1-3-5-19/h6-13,19H,1-5,14H2,(H,28,32)/b27-13-. The number of hydrogen-bond donors (Lipinski definition) is 1. The van der Waals surface area contributed by atoms with E-state index in [1.165, 1.54) is 30.5 Å². The first-order chi connectivity index (χ1) is 16.0. The maximum atomic E-state index is 13.8. The smallest absolute Gasteiger partial charge is 0.250 e. The average Bonchev–Trinajstić information content (AvgIpc) is 3.25. The van der Waals surface area contributed by atoms with E-state index in [0.29, 0.717) is 16.2 Å². The molecule has 1 saturated carbocycles. The van der Waals surface area contributed by atoms with Gasteiger partial charge in [-0.15, -0.1) is 10.2 Å². The summed E-state index contributed by atoms with van der Waals surface area (Å²) in [6.07, 6.45) is 6.95. The molecule has 2 aromatic carbocycles. The molecule has 1 heterocycles. The number of hydrogen-bond acceptors (Lipinski definition) is 5. The minimum atomic E-state index is -0.416. The minimum absolute atomic E-state index is 0.115. The Morgan fingerprint density at radius 3 is 2.73 bits per heavy atom. The number of carbonyl (C=O) groups excluding carboxylic acids is 1. The fraction of sp³-hybridized carbons (Fsp3) is 0.304. The molecule has 0 atom stereocenters. The molecule has 6 nitrogen and oxygen atoms in total. The number of aromatic nitrogens is 3. The highest BCUT2D eigenvalue weighted by molar-refractivity contribution is 9.10. The maximum absolute atomic E-state index is 13.8. The predicted molar refractivity (Wildman–Crippen MR) is 133 cm³/mol. The van der Waals surface area contributed by atoms with Crippen molar-refractivity contribution in [3.63, 3.8) is 0 Å². The molecule has 1 N–H and O–H groups in total. The molecule has 3 aromatic rings. The van der Waals surface area contributed by atoms with Crippen molar-refractivity contribution in [3.8, 4) is 11.4 Å². The molecule has 0 radical (unpaired) electrons. The third-order valence-electron chi connectivity index (χ3n) is 5.39. The van der Waals surface area contributed by atoms with Crippen molar-refractivity contribution in [2.75, 3.05) is 5.75 Å². The van der Waals surface area contributed by atoms with Gasteiger partial charge in [0.1, 0.15) is 5.82 Å². The molecular formula is C23H22BrClFN5OS. The maximum Gasteiger partial charge on any atom is 0.250 e. The summed E-state index contributed by atoms with van der Waals surface area (Å²) >= 11 is 10.7. The zero-order valence-corrected chi connectivity index (χ0v) is 20.8. The second-order valence-electron chi connectivity index (χ2n) is 7.72. The molecule has 1 aromatic heterocycles. The molecule has 0 saturated heterocycles. The Labute approximate surface area is 209 Å². The van der Waals surface area contributed by atoms with Gasteiger partial charge in [0, 0.05) is 26.7 Å². The summed E-state index contributed by atoms with van der Waals surface area (Å²) in [5.74, 6) is 0.174. The first kappa shape index (κ1) is 23.9. The van der Waals surface area contributed by atoms with Crippen molar-refractivity contribution in [2.24, 2.45) is 5.10 Å². The number of halogens is 3. The molecule has 172 valence electrons. The number of carbonyl (C=O) groups is 1. The van der Waals surface area contributed by atoms with Gasteiger partial charge in [-0.05, 0) is 55.3 Å². The van der Waals surface area contributed by atoms with Gasteiger partial charge < -0.3 is 0 Å². The second-order valence-corrected chi connectivity index (χ2v) is 10.0. The number of rotatable bonds is 7. The monoisotopic (exact) mass is 549 g/mol. The molecule has 10 heteroatoms. The van der Waals surface area contributed by atoms with Crippen molar-refractivity contribution >= 4 is 51.4 Å².